The van der Waals surface area contributed by atoms with Crippen molar-refractivity contribution in [2.45, 2.75) is 32.2 Å². The number of fused-ring (bicyclic) bond motifs is 1. The lowest BCUT2D eigenvalue weighted by Gasteiger charge is -2.24. The quantitative estimate of drug-likeness (QED) is 0.882. The minimum Gasteiger partial charge on any atom is -0.385 e. The summed E-state index contributed by atoms with van der Waals surface area (Å²) in [5.74, 6) is 3.61. The first-order valence-corrected chi connectivity index (χ1v) is 8.72. The Morgan fingerprint density at radius 2 is 2.16 bits per heavy atom. The summed E-state index contributed by atoms with van der Waals surface area (Å²) in [6.07, 6.45) is 5.28. The van der Waals surface area contributed by atoms with Crippen molar-refractivity contribution in [2.75, 3.05) is 29.9 Å². The molecule has 0 unspecified atom stereocenters. The fraction of sp³-hybridized carbons (Fsp3) is 0.625. The first-order valence-electron chi connectivity index (χ1n) is 7.56. The Bertz CT molecular complexity index is 413. The van der Waals surface area contributed by atoms with E-state index in [-0.39, 0.29) is 0 Å². The number of para-hydroxylation sites is 1. The lowest BCUT2D eigenvalue weighted by molar-refractivity contribution is 0.448. The Morgan fingerprint density at radius 1 is 1.26 bits per heavy atom. The average molecular weight is 276 g/mol. The SMILES string of the molecule is c1cc2c(c(CNCC3CCSCC3)c1)NCCC2. The summed E-state index contributed by atoms with van der Waals surface area (Å²) in [6, 6.07) is 6.74. The van der Waals surface area contributed by atoms with Crippen LogP contribution in [0.25, 0.3) is 0 Å². The molecule has 3 heteroatoms. The van der Waals surface area contributed by atoms with Crippen LogP contribution in [0.3, 0.4) is 0 Å². The van der Waals surface area contributed by atoms with Crippen LogP contribution < -0.4 is 10.6 Å². The van der Waals surface area contributed by atoms with Crippen molar-refractivity contribution in [1.29, 1.82) is 0 Å². The number of nitrogens with one attached hydrogen (secondary N) is 2. The normalized spacial score (nSPS) is 19.8. The maximum Gasteiger partial charge on any atom is 0.0418 e. The van der Waals surface area contributed by atoms with Crippen LogP contribution in [0, 0.1) is 5.92 Å². The standard InChI is InChI=1S/C16H24N2S/c1-3-14-5-2-8-18-16(14)15(4-1)12-17-11-13-6-9-19-10-7-13/h1,3-4,13,17-18H,2,5-12H2. The molecule has 0 bridgehead atoms. The molecule has 104 valence electrons. The summed E-state index contributed by atoms with van der Waals surface area (Å²) in [5, 5.41) is 7.25. The topological polar surface area (TPSA) is 24.1 Å². The molecule has 3 rings (SSSR count). The molecule has 0 saturated carbocycles. The van der Waals surface area contributed by atoms with E-state index < -0.39 is 0 Å². The molecule has 1 fully saturated rings. The number of rotatable bonds is 4. The highest BCUT2D eigenvalue weighted by Crippen LogP contribution is 2.26. The van der Waals surface area contributed by atoms with Crippen LogP contribution in [-0.2, 0) is 13.0 Å². The second-order valence-electron chi connectivity index (χ2n) is 5.67. The summed E-state index contributed by atoms with van der Waals surface area (Å²) in [7, 11) is 0. The highest BCUT2D eigenvalue weighted by Gasteiger charge is 2.14. The van der Waals surface area contributed by atoms with Crippen molar-refractivity contribution in [1.82, 2.24) is 5.32 Å². The summed E-state index contributed by atoms with van der Waals surface area (Å²) < 4.78 is 0. The van der Waals surface area contributed by atoms with E-state index in [0.29, 0.717) is 0 Å². The molecule has 2 N–H and O–H groups in total. The van der Waals surface area contributed by atoms with Gasteiger partial charge in [0, 0.05) is 18.8 Å². The zero-order chi connectivity index (χ0) is 12.9. The first kappa shape index (κ1) is 13.3. The monoisotopic (exact) mass is 276 g/mol. The predicted molar refractivity (Wildman–Crippen MR) is 85.0 cm³/mol. The third kappa shape index (κ3) is 3.46. The van der Waals surface area contributed by atoms with Crippen molar-refractivity contribution < 1.29 is 0 Å². The van der Waals surface area contributed by atoms with E-state index in [1.165, 1.54) is 60.5 Å². The molecular weight excluding hydrogens is 252 g/mol. The Morgan fingerprint density at radius 3 is 3.05 bits per heavy atom. The van der Waals surface area contributed by atoms with Crippen LogP contribution in [0.4, 0.5) is 5.69 Å². The van der Waals surface area contributed by atoms with Crippen molar-refractivity contribution in [3.05, 3.63) is 29.3 Å². The van der Waals surface area contributed by atoms with Gasteiger partial charge in [-0.3, -0.25) is 0 Å². The molecule has 2 aliphatic rings. The van der Waals surface area contributed by atoms with Crippen LogP contribution in [0.5, 0.6) is 0 Å². The van der Waals surface area contributed by atoms with Crippen molar-refractivity contribution in [3.63, 3.8) is 0 Å². The molecule has 0 amide bonds. The number of anilines is 1. The second-order valence-corrected chi connectivity index (χ2v) is 6.89. The van der Waals surface area contributed by atoms with Crippen LogP contribution in [0.1, 0.15) is 30.4 Å². The highest BCUT2D eigenvalue weighted by atomic mass is 32.2. The lowest BCUT2D eigenvalue weighted by atomic mass is 9.99. The molecule has 2 aliphatic heterocycles. The van der Waals surface area contributed by atoms with Gasteiger partial charge in [-0.25, -0.2) is 0 Å². The molecular formula is C16H24N2S. The fourth-order valence-corrected chi connectivity index (χ4v) is 4.29. The molecule has 0 atom stereocenters. The van der Waals surface area contributed by atoms with Gasteiger partial charge in [-0.05, 0) is 60.8 Å². The van der Waals surface area contributed by atoms with Crippen LogP contribution in [-0.4, -0.2) is 24.6 Å². The van der Waals surface area contributed by atoms with Crippen LogP contribution in [0.2, 0.25) is 0 Å². The van der Waals surface area contributed by atoms with Gasteiger partial charge in [0.1, 0.15) is 0 Å². The molecule has 0 radical (unpaired) electrons. The van der Waals surface area contributed by atoms with E-state index in [1.807, 2.05) is 0 Å². The molecule has 0 aliphatic carbocycles. The number of hydrogen-bond acceptors (Lipinski definition) is 3. The van der Waals surface area contributed by atoms with Gasteiger partial charge in [-0.1, -0.05) is 18.2 Å². The van der Waals surface area contributed by atoms with Crippen LogP contribution >= 0.6 is 11.8 Å². The Kier molecular flexibility index (Phi) is 4.67. The molecule has 19 heavy (non-hydrogen) atoms. The molecule has 2 nitrogen and oxygen atoms in total. The van der Waals surface area contributed by atoms with E-state index in [9.17, 15) is 0 Å². The Labute approximate surface area is 120 Å². The first-order chi connectivity index (χ1) is 9.43. The van der Waals surface area contributed by atoms with Gasteiger partial charge in [-0.2, -0.15) is 11.8 Å². The molecule has 0 spiro atoms. The number of thioether (sulfide) groups is 1. The van der Waals surface area contributed by atoms with Gasteiger partial charge in [0.2, 0.25) is 0 Å². The number of aryl methyl sites for hydroxylation is 1. The Hall–Kier alpha value is -0.670. The summed E-state index contributed by atoms with van der Waals surface area (Å²) in [5.41, 5.74) is 4.35. The van der Waals surface area contributed by atoms with Gasteiger partial charge in [0.05, 0.1) is 0 Å². The smallest absolute Gasteiger partial charge is 0.0418 e. The van der Waals surface area contributed by atoms with Gasteiger partial charge in [-0.15, -0.1) is 0 Å². The van der Waals surface area contributed by atoms with Gasteiger partial charge in [0.25, 0.3) is 0 Å². The van der Waals surface area contributed by atoms with E-state index in [4.69, 9.17) is 0 Å². The summed E-state index contributed by atoms with van der Waals surface area (Å²) >= 11 is 2.11. The maximum atomic E-state index is 3.67. The molecule has 1 aromatic carbocycles. The third-order valence-electron chi connectivity index (χ3n) is 4.25. The number of benzene rings is 1. The minimum absolute atomic E-state index is 0.897. The van der Waals surface area contributed by atoms with E-state index in [1.54, 1.807) is 0 Å². The van der Waals surface area contributed by atoms with Gasteiger partial charge in [0.15, 0.2) is 0 Å². The minimum atomic E-state index is 0.897. The van der Waals surface area contributed by atoms with Crippen molar-refractivity contribution >= 4 is 17.4 Å². The molecule has 1 aromatic rings. The molecule has 1 saturated heterocycles. The van der Waals surface area contributed by atoms with Gasteiger partial charge < -0.3 is 10.6 Å². The van der Waals surface area contributed by atoms with Gasteiger partial charge >= 0.3 is 0 Å². The largest absolute Gasteiger partial charge is 0.385 e. The van der Waals surface area contributed by atoms with Crippen LogP contribution in [0.15, 0.2) is 18.2 Å². The Balaban J connectivity index is 1.54. The predicted octanol–water partition coefficient (Wildman–Crippen LogP) is 3.28. The van der Waals surface area contributed by atoms with E-state index in [0.717, 1.165) is 19.0 Å². The zero-order valence-corrected chi connectivity index (χ0v) is 12.4. The summed E-state index contributed by atoms with van der Waals surface area (Å²) in [4.78, 5) is 0. The second kappa shape index (κ2) is 6.67. The van der Waals surface area contributed by atoms with E-state index >= 15 is 0 Å². The van der Waals surface area contributed by atoms with Crippen molar-refractivity contribution in [3.8, 4) is 0 Å². The average Bonchev–Trinajstić information content (AvgIpc) is 2.49. The van der Waals surface area contributed by atoms with Crippen molar-refractivity contribution in [2.24, 2.45) is 5.92 Å². The molecule has 2 heterocycles. The third-order valence-corrected chi connectivity index (χ3v) is 5.30. The zero-order valence-electron chi connectivity index (χ0n) is 11.6. The summed E-state index contributed by atoms with van der Waals surface area (Å²) in [6.45, 7) is 3.33. The van der Waals surface area contributed by atoms with E-state index in [2.05, 4.69) is 40.6 Å². The lowest BCUT2D eigenvalue weighted by Crippen LogP contribution is -2.26. The highest BCUT2D eigenvalue weighted by molar-refractivity contribution is 7.99. The maximum absolute atomic E-state index is 3.67. The number of hydrogen-bond donors (Lipinski definition) is 2. The fourth-order valence-electron chi connectivity index (χ4n) is 3.09. The molecule has 0 aromatic heterocycles.